The minimum atomic E-state index is -0.529. The van der Waals surface area contributed by atoms with Crippen molar-refractivity contribution in [3.63, 3.8) is 0 Å². The maximum absolute atomic E-state index is 13.6. The van der Waals surface area contributed by atoms with Crippen LogP contribution in [0.15, 0.2) is 47.3 Å². The van der Waals surface area contributed by atoms with Crippen LogP contribution in [0.4, 0.5) is 10.2 Å². The van der Waals surface area contributed by atoms with Gasteiger partial charge in [0.05, 0.1) is 30.2 Å². The van der Waals surface area contributed by atoms with Crippen LogP contribution in [-0.4, -0.2) is 44.2 Å². The summed E-state index contributed by atoms with van der Waals surface area (Å²) in [6.07, 6.45) is 2.35. The molecule has 0 unspecified atom stereocenters. The van der Waals surface area contributed by atoms with E-state index in [-0.39, 0.29) is 41.4 Å². The number of H-pyrrole nitrogens is 1. The molecule has 37 heavy (non-hydrogen) atoms. The van der Waals surface area contributed by atoms with Crippen LogP contribution < -0.4 is 21.3 Å². The molecular weight excluding hydrogens is 479 g/mol. The molecule has 0 spiro atoms. The molecule has 2 heterocycles. The van der Waals surface area contributed by atoms with Gasteiger partial charge in [-0.25, -0.2) is 9.49 Å². The largest absolute Gasteiger partial charge is 0.496 e. The molecule has 1 fully saturated rings. The van der Waals surface area contributed by atoms with Gasteiger partial charge < -0.3 is 20.9 Å². The van der Waals surface area contributed by atoms with Crippen molar-refractivity contribution in [1.82, 2.24) is 25.3 Å². The average Bonchev–Trinajstić information content (AvgIpc) is 3.32. The molecule has 1 aliphatic carbocycles. The number of nitrogen functional groups attached to an aromatic ring is 1. The first-order chi connectivity index (χ1) is 17.9. The number of aromatic amines is 1. The molecule has 11 heteroatoms. The number of aliphatic hydroxyl groups excluding tert-OH is 1. The average molecular weight is 507 g/mol. The monoisotopic (exact) mass is 506 g/mol. The molecule has 0 aliphatic heterocycles. The minimum absolute atomic E-state index is 0.0307. The fourth-order valence-corrected chi connectivity index (χ4v) is 4.80. The molecule has 192 valence electrons. The summed E-state index contributed by atoms with van der Waals surface area (Å²) in [5.41, 5.74) is 8.35. The second-order valence-electron chi connectivity index (χ2n) is 9.14. The van der Waals surface area contributed by atoms with Gasteiger partial charge in [0.15, 0.2) is 5.82 Å². The van der Waals surface area contributed by atoms with Gasteiger partial charge in [0, 0.05) is 12.1 Å². The second kappa shape index (κ2) is 10.0. The Labute approximate surface area is 211 Å². The summed E-state index contributed by atoms with van der Waals surface area (Å²) in [7, 11) is 1.42. The van der Waals surface area contributed by atoms with E-state index in [1.54, 1.807) is 4.68 Å². The highest BCUT2D eigenvalue weighted by molar-refractivity contribution is 5.99. The van der Waals surface area contributed by atoms with E-state index in [2.05, 4.69) is 15.5 Å². The Kier molecular flexibility index (Phi) is 6.62. The fourth-order valence-electron chi connectivity index (χ4n) is 4.80. The van der Waals surface area contributed by atoms with Crippen LogP contribution in [0, 0.1) is 5.82 Å². The quantitative estimate of drug-likeness (QED) is 0.314. The van der Waals surface area contributed by atoms with Crippen molar-refractivity contribution >= 4 is 22.6 Å². The van der Waals surface area contributed by atoms with Gasteiger partial charge in [0.2, 0.25) is 0 Å². The Balaban J connectivity index is 1.41. The van der Waals surface area contributed by atoms with Gasteiger partial charge in [-0.2, -0.15) is 10.2 Å². The van der Waals surface area contributed by atoms with E-state index in [0.29, 0.717) is 42.3 Å². The van der Waals surface area contributed by atoms with Crippen LogP contribution >= 0.6 is 0 Å². The molecule has 5 rings (SSSR count). The Bertz CT molecular complexity index is 1510. The summed E-state index contributed by atoms with van der Waals surface area (Å²) in [5, 5.41) is 24.3. The number of hydrogen-bond donors (Lipinski definition) is 4. The lowest BCUT2D eigenvalue weighted by atomic mass is 9.93. The molecule has 2 aromatic heterocycles. The number of carbonyl (C=O) groups excluding carboxylic acids is 1. The SMILES string of the molecule is COc1ccc(F)cc1C(=O)NCc1ccc(-c2nn([C@H]3CC[C@H](O)CC3)c3c(=O)[nH]nc(N)c23)cc1. The van der Waals surface area contributed by atoms with Gasteiger partial charge >= 0.3 is 0 Å². The van der Waals surface area contributed by atoms with Crippen molar-refractivity contribution in [2.24, 2.45) is 0 Å². The topological polar surface area (TPSA) is 148 Å². The number of carbonyl (C=O) groups is 1. The zero-order valence-corrected chi connectivity index (χ0v) is 20.2. The number of anilines is 1. The lowest BCUT2D eigenvalue weighted by Crippen LogP contribution is -2.24. The summed E-state index contributed by atoms with van der Waals surface area (Å²) in [4.78, 5) is 25.3. The summed E-state index contributed by atoms with van der Waals surface area (Å²) >= 11 is 0. The Morgan fingerprint density at radius 2 is 1.95 bits per heavy atom. The van der Waals surface area contributed by atoms with Crippen LogP contribution in [0.25, 0.3) is 22.2 Å². The molecular formula is C26H27FN6O4. The first kappa shape index (κ1) is 24.4. The summed E-state index contributed by atoms with van der Waals surface area (Å²) in [6, 6.07) is 11.1. The van der Waals surface area contributed by atoms with Crippen molar-refractivity contribution in [2.45, 2.75) is 44.4 Å². The van der Waals surface area contributed by atoms with E-state index < -0.39 is 11.7 Å². The fraction of sp³-hybridized carbons (Fsp3) is 0.308. The third-order valence-electron chi connectivity index (χ3n) is 6.76. The van der Waals surface area contributed by atoms with Crippen molar-refractivity contribution in [1.29, 1.82) is 0 Å². The Hall–Kier alpha value is -4.25. The zero-order chi connectivity index (χ0) is 26.1. The maximum Gasteiger partial charge on any atom is 0.290 e. The molecule has 1 saturated carbocycles. The molecule has 5 N–H and O–H groups in total. The van der Waals surface area contributed by atoms with Crippen molar-refractivity contribution in [3.05, 3.63) is 69.8 Å². The van der Waals surface area contributed by atoms with Gasteiger partial charge in [-0.1, -0.05) is 24.3 Å². The molecule has 0 bridgehead atoms. The van der Waals surface area contributed by atoms with E-state index in [9.17, 15) is 19.1 Å². The number of methoxy groups -OCH3 is 1. The van der Waals surface area contributed by atoms with Crippen LogP contribution in [-0.2, 0) is 6.54 Å². The van der Waals surface area contributed by atoms with Gasteiger partial charge in [0.25, 0.3) is 11.5 Å². The smallest absolute Gasteiger partial charge is 0.290 e. The maximum atomic E-state index is 13.6. The summed E-state index contributed by atoms with van der Waals surface area (Å²) in [5.74, 6) is -0.530. The highest BCUT2D eigenvalue weighted by atomic mass is 19.1. The number of halogens is 1. The summed E-state index contributed by atoms with van der Waals surface area (Å²) in [6.45, 7) is 0.210. The van der Waals surface area contributed by atoms with Crippen LogP contribution in [0.3, 0.4) is 0 Å². The summed E-state index contributed by atoms with van der Waals surface area (Å²) < 4.78 is 20.5. The van der Waals surface area contributed by atoms with E-state index in [1.807, 2.05) is 24.3 Å². The van der Waals surface area contributed by atoms with E-state index in [0.717, 1.165) is 17.2 Å². The predicted molar refractivity (Wildman–Crippen MR) is 136 cm³/mol. The number of aromatic nitrogens is 4. The van der Waals surface area contributed by atoms with Crippen molar-refractivity contribution in [3.8, 4) is 17.0 Å². The highest BCUT2D eigenvalue weighted by Gasteiger charge is 2.27. The minimum Gasteiger partial charge on any atom is -0.496 e. The number of amides is 1. The normalized spacial score (nSPS) is 17.6. The lowest BCUT2D eigenvalue weighted by Gasteiger charge is -2.25. The zero-order valence-electron chi connectivity index (χ0n) is 20.2. The van der Waals surface area contributed by atoms with Crippen molar-refractivity contribution < 1.29 is 19.0 Å². The van der Waals surface area contributed by atoms with Crippen molar-refractivity contribution in [2.75, 3.05) is 12.8 Å². The van der Waals surface area contributed by atoms with E-state index in [4.69, 9.17) is 15.6 Å². The van der Waals surface area contributed by atoms with Gasteiger partial charge in [-0.05, 0) is 49.4 Å². The molecule has 0 saturated heterocycles. The molecule has 4 aromatic rings. The third-order valence-corrected chi connectivity index (χ3v) is 6.76. The Morgan fingerprint density at radius 3 is 2.65 bits per heavy atom. The predicted octanol–water partition coefficient (Wildman–Crippen LogP) is 2.92. The third kappa shape index (κ3) is 4.77. The number of ether oxygens (including phenoxy) is 1. The van der Waals surface area contributed by atoms with Crippen LogP contribution in [0.5, 0.6) is 5.75 Å². The number of nitrogens with one attached hydrogen (secondary N) is 2. The number of nitrogens with two attached hydrogens (primary N) is 1. The van der Waals surface area contributed by atoms with Gasteiger partial charge in [-0.3, -0.25) is 14.3 Å². The molecule has 10 nitrogen and oxygen atoms in total. The number of nitrogens with zero attached hydrogens (tertiary/aromatic N) is 3. The standard InChI is InChI=1S/C26H27FN6O4/c1-37-20-11-6-16(27)12-19(20)25(35)29-13-14-2-4-15(5-3-14)22-21-23(26(36)31-30-24(21)28)33(32-22)17-7-9-18(34)10-8-17/h2-6,11-12,17-18,34H,7-10,13H2,1H3,(H2,28,30)(H,29,35)(H,31,36)/t17-,18-. The number of hydrogen-bond acceptors (Lipinski definition) is 7. The first-order valence-corrected chi connectivity index (χ1v) is 12.0. The number of benzene rings is 2. The second-order valence-corrected chi connectivity index (χ2v) is 9.14. The molecule has 1 amide bonds. The van der Waals surface area contributed by atoms with Gasteiger partial charge in [-0.15, -0.1) is 0 Å². The van der Waals surface area contributed by atoms with E-state index in [1.165, 1.54) is 19.2 Å². The Morgan fingerprint density at radius 1 is 1.22 bits per heavy atom. The highest BCUT2D eigenvalue weighted by Crippen LogP contribution is 2.35. The molecule has 0 atom stereocenters. The number of aliphatic hydroxyl groups is 1. The van der Waals surface area contributed by atoms with Gasteiger partial charge in [0.1, 0.15) is 22.8 Å². The molecule has 2 aromatic carbocycles. The van der Waals surface area contributed by atoms with Crippen LogP contribution in [0.2, 0.25) is 0 Å². The molecule has 0 radical (unpaired) electrons. The first-order valence-electron chi connectivity index (χ1n) is 12.0. The van der Waals surface area contributed by atoms with Crippen LogP contribution in [0.1, 0.15) is 47.6 Å². The van der Waals surface area contributed by atoms with E-state index >= 15 is 0 Å². The number of fused-ring (bicyclic) bond motifs is 1. The lowest BCUT2D eigenvalue weighted by molar-refractivity contribution is 0.0947. The molecule has 1 aliphatic rings. The number of rotatable bonds is 6.